The van der Waals surface area contributed by atoms with Crippen molar-refractivity contribution in [2.75, 3.05) is 42.9 Å². The molecular weight excluding hydrogens is 343 g/mol. The van der Waals surface area contributed by atoms with Crippen molar-refractivity contribution in [2.24, 2.45) is 0 Å². The summed E-state index contributed by atoms with van der Waals surface area (Å²) in [6.07, 6.45) is 0.132. The van der Waals surface area contributed by atoms with Crippen LogP contribution in [0, 0.1) is 17.5 Å². The zero-order valence-electron chi connectivity index (χ0n) is 14.2. The number of nitrogens with zero attached hydrogens (tertiary/aromatic N) is 2. The Labute approximate surface area is 150 Å². The highest BCUT2D eigenvalue weighted by molar-refractivity contribution is 5.91. The van der Waals surface area contributed by atoms with E-state index in [1.807, 2.05) is 4.90 Å². The minimum Gasteiger partial charge on any atom is -0.367 e. The van der Waals surface area contributed by atoms with Crippen molar-refractivity contribution in [3.8, 4) is 0 Å². The molecule has 1 aliphatic rings. The van der Waals surface area contributed by atoms with E-state index in [-0.39, 0.29) is 12.2 Å². The largest absolute Gasteiger partial charge is 0.367 e. The molecule has 0 aliphatic carbocycles. The van der Waals surface area contributed by atoms with Crippen LogP contribution in [0.15, 0.2) is 42.5 Å². The summed E-state index contributed by atoms with van der Waals surface area (Å²) in [4.78, 5) is 16.0. The molecule has 4 nitrogen and oxygen atoms in total. The summed E-state index contributed by atoms with van der Waals surface area (Å²) in [5.41, 5.74) is 0.168. The second-order valence-electron chi connectivity index (χ2n) is 6.17. The fourth-order valence-electron chi connectivity index (χ4n) is 3.00. The summed E-state index contributed by atoms with van der Waals surface area (Å²) in [5, 5.41) is 2.28. The van der Waals surface area contributed by atoms with Crippen molar-refractivity contribution in [1.29, 1.82) is 0 Å². The molecule has 0 unspecified atom stereocenters. The van der Waals surface area contributed by atoms with E-state index < -0.39 is 23.2 Å². The predicted octanol–water partition coefficient (Wildman–Crippen LogP) is 3.25. The van der Waals surface area contributed by atoms with Gasteiger partial charge in [-0.2, -0.15) is 0 Å². The maximum atomic E-state index is 13.8. The van der Waals surface area contributed by atoms with E-state index in [9.17, 15) is 18.0 Å². The lowest BCUT2D eigenvalue weighted by molar-refractivity contribution is -0.116. The van der Waals surface area contributed by atoms with Crippen LogP contribution in [-0.4, -0.2) is 43.5 Å². The van der Waals surface area contributed by atoms with Crippen LogP contribution in [0.4, 0.5) is 24.5 Å². The van der Waals surface area contributed by atoms with Crippen LogP contribution in [0.25, 0.3) is 0 Å². The molecule has 2 aromatic rings. The number of carbonyl (C=O) groups is 1. The molecule has 1 amide bonds. The fourth-order valence-corrected chi connectivity index (χ4v) is 3.00. The standard InChI is InChI=1S/C19H20F3N3O/c20-14-4-1-2-7-17(14)25-12-10-24(11-13-25)9-8-18(26)23-19-15(21)5-3-6-16(19)22/h1-7H,8-13H2,(H,23,26). The van der Waals surface area contributed by atoms with E-state index in [2.05, 4.69) is 10.2 Å². The number of piperazine rings is 1. The lowest BCUT2D eigenvalue weighted by Gasteiger charge is -2.36. The average molecular weight is 363 g/mol. The molecule has 0 atom stereocenters. The third-order valence-corrected chi connectivity index (χ3v) is 4.45. The Bertz CT molecular complexity index is 756. The van der Waals surface area contributed by atoms with Gasteiger partial charge in [-0.05, 0) is 24.3 Å². The van der Waals surface area contributed by atoms with Crippen molar-refractivity contribution in [3.05, 3.63) is 59.9 Å². The van der Waals surface area contributed by atoms with Gasteiger partial charge in [0, 0.05) is 39.1 Å². The van der Waals surface area contributed by atoms with E-state index in [0.29, 0.717) is 38.4 Å². The Morgan fingerprint density at radius 2 is 1.50 bits per heavy atom. The minimum atomic E-state index is -0.795. The molecule has 138 valence electrons. The van der Waals surface area contributed by atoms with Gasteiger partial charge in [-0.3, -0.25) is 9.69 Å². The Morgan fingerprint density at radius 1 is 0.885 bits per heavy atom. The molecule has 1 fully saturated rings. The molecule has 1 heterocycles. The second kappa shape index (κ2) is 8.23. The summed E-state index contributed by atoms with van der Waals surface area (Å²) in [7, 11) is 0. The topological polar surface area (TPSA) is 35.6 Å². The van der Waals surface area contributed by atoms with Gasteiger partial charge in [0.25, 0.3) is 0 Å². The van der Waals surface area contributed by atoms with Gasteiger partial charge in [0.1, 0.15) is 23.1 Å². The summed E-state index contributed by atoms with van der Waals surface area (Å²) in [6.45, 7) is 3.17. The van der Waals surface area contributed by atoms with Gasteiger partial charge in [0.2, 0.25) is 5.91 Å². The summed E-state index contributed by atoms with van der Waals surface area (Å²) >= 11 is 0. The number of amides is 1. The third kappa shape index (κ3) is 4.35. The maximum absolute atomic E-state index is 13.8. The van der Waals surface area contributed by atoms with E-state index in [4.69, 9.17) is 0 Å². The van der Waals surface area contributed by atoms with Crippen LogP contribution in [0.5, 0.6) is 0 Å². The van der Waals surface area contributed by atoms with Gasteiger partial charge >= 0.3 is 0 Å². The van der Waals surface area contributed by atoms with Gasteiger partial charge < -0.3 is 10.2 Å². The van der Waals surface area contributed by atoms with Crippen LogP contribution in [0.3, 0.4) is 0 Å². The van der Waals surface area contributed by atoms with Gasteiger partial charge in [0.15, 0.2) is 0 Å². The highest BCUT2D eigenvalue weighted by Crippen LogP contribution is 2.21. The first-order valence-electron chi connectivity index (χ1n) is 8.50. The number of hydrogen-bond acceptors (Lipinski definition) is 3. The van der Waals surface area contributed by atoms with E-state index in [1.54, 1.807) is 18.2 Å². The predicted molar refractivity (Wildman–Crippen MR) is 94.7 cm³/mol. The van der Waals surface area contributed by atoms with Gasteiger partial charge in [0.05, 0.1) is 5.69 Å². The van der Waals surface area contributed by atoms with Crippen LogP contribution < -0.4 is 10.2 Å². The molecule has 0 aromatic heterocycles. The normalized spacial score (nSPS) is 15.1. The summed E-state index contributed by atoms with van der Waals surface area (Å²) in [5.74, 6) is -2.27. The maximum Gasteiger partial charge on any atom is 0.225 e. The molecule has 1 saturated heterocycles. The third-order valence-electron chi connectivity index (χ3n) is 4.45. The van der Waals surface area contributed by atoms with Gasteiger partial charge in [-0.25, -0.2) is 13.2 Å². The quantitative estimate of drug-likeness (QED) is 0.886. The molecule has 1 aliphatic heterocycles. The number of carbonyl (C=O) groups excluding carboxylic acids is 1. The van der Waals surface area contributed by atoms with E-state index >= 15 is 0 Å². The Morgan fingerprint density at radius 3 is 2.15 bits per heavy atom. The number of anilines is 2. The lowest BCUT2D eigenvalue weighted by atomic mass is 10.2. The molecule has 0 spiro atoms. The van der Waals surface area contributed by atoms with Crippen LogP contribution in [-0.2, 0) is 4.79 Å². The molecule has 1 N–H and O–H groups in total. The molecule has 7 heteroatoms. The molecule has 26 heavy (non-hydrogen) atoms. The zero-order valence-corrected chi connectivity index (χ0v) is 14.2. The SMILES string of the molecule is O=C(CCN1CCN(c2ccccc2F)CC1)Nc1c(F)cccc1F. The van der Waals surface area contributed by atoms with Crippen LogP contribution in [0.1, 0.15) is 6.42 Å². The molecule has 2 aromatic carbocycles. The number of benzene rings is 2. The van der Waals surface area contributed by atoms with Crippen molar-refractivity contribution in [1.82, 2.24) is 4.90 Å². The molecule has 0 bridgehead atoms. The van der Waals surface area contributed by atoms with Crippen molar-refractivity contribution in [3.63, 3.8) is 0 Å². The molecular formula is C19H20F3N3O. The number of para-hydroxylation sites is 2. The van der Waals surface area contributed by atoms with Crippen molar-refractivity contribution < 1.29 is 18.0 Å². The first kappa shape index (κ1) is 18.3. The van der Waals surface area contributed by atoms with Gasteiger partial charge in [-0.15, -0.1) is 0 Å². The van der Waals surface area contributed by atoms with Crippen molar-refractivity contribution >= 4 is 17.3 Å². The number of rotatable bonds is 5. The van der Waals surface area contributed by atoms with E-state index in [0.717, 1.165) is 12.1 Å². The second-order valence-corrected chi connectivity index (χ2v) is 6.17. The summed E-state index contributed by atoms with van der Waals surface area (Å²) in [6, 6.07) is 10.1. The number of nitrogens with one attached hydrogen (secondary N) is 1. The lowest BCUT2D eigenvalue weighted by Crippen LogP contribution is -2.47. The Balaban J connectivity index is 1.46. The highest BCUT2D eigenvalue weighted by Gasteiger charge is 2.20. The average Bonchev–Trinajstić information content (AvgIpc) is 2.64. The Hall–Kier alpha value is -2.54. The molecule has 0 saturated carbocycles. The molecule has 0 radical (unpaired) electrons. The fraction of sp³-hybridized carbons (Fsp3) is 0.316. The number of halogens is 3. The van der Waals surface area contributed by atoms with Crippen LogP contribution in [0.2, 0.25) is 0 Å². The Kier molecular flexibility index (Phi) is 5.78. The van der Waals surface area contributed by atoms with E-state index in [1.165, 1.54) is 12.1 Å². The van der Waals surface area contributed by atoms with Gasteiger partial charge in [-0.1, -0.05) is 18.2 Å². The number of hydrogen-bond donors (Lipinski definition) is 1. The molecule has 3 rings (SSSR count). The highest BCUT2D eigenvalue weighted by atomic mass is 19.1. The van der Waals surface area contributed by atoms with Crippen molar-refractivity contribution in [2.45, 2.75) is 6.42 Å². The first-order chi connectivity index (χ1) is 12.5. The monoisotopic (exact) mass is 363 g/mol. The summed E-state index contributed by atoms with van der Waals surface area (Å²) < 4.78 is 40.9. The zero-order chi connectivity index (χ0) is 18.5. The van der Waals surface area contributed by atoms with Crippen LogP contribution >= 0.6 is 0 Å². The first-order valence-corrected chi connectivity index (χ1v) is 8.50. The minimum absolute atomic E-state index is 0.132. The smallest absolute Gasteiger partial charge is 0.225 e.